The maximum absolute atomic E-state index is 11.9. The third-order valence-corrected chi connectivity index (χ3v) is 3.67. The van der Waals surface area contributed by atoms with Crippen LogP contribution in [0.1, 0.15) is 38.2 Å². The van der Waals surface area contributed by atoms with E-state index in [0.29, 0.717) is 17.2 Å². The van der Waals surface area contributed by atoms with Gasteiger partial charge in [-0.3, -0.25) is 4.79 Å². The molecular weight excluding hydrogens is 252 g/mol. The van der Waals surface area contributed by atoms with Crippen molar-refractivity contribution >= 4 is 5.91 Å². The van der Waals surface area contributed by atoms with Crippen molar-refractivity contribution in [1.29, 1.82) is 5.26 Å². The van der Waals surface area contributed by atoms with E-state index in [1.807, 2.05) is 6.07 Å². The van der Waals surface area contributed by atoms with Crippen molar-refractivity contribution in [3.05, 3.63) is 29.8 Å². The molecule has 1 aromatic carbocycles. The lowest BCUT2D eigenvalue weighted by atomic mass is 9.87. The van der Waals surface area contributed by atoms with Gasteiger partial charge in [-0.2, -0.15) is 5.26 Å². The molecule has 0 radical (unpaired) electrons. The fourth-order valence-electron chi connectivity index (χ4n) is 2.66. The number of nitrogens with one attached hydrogen (secondary N) is 1. The number of rotatable bonds is 4. The van der Waals surface area contributed by atoms with E-state index in [1.165, 1.54) is 12.8 Å². The summed E-state index contributed by atoms with van der Waals surface area (Å²) < 4.78 is 5.42. The molecule has 4 nitrogen and oxygen atoms in total. The van der Waals surface area contributed by atoms with E-state index in [4.69, 9.17) is 10.00 Å². The molecule has 0 bridgehead atoms. The number of hydrogen-bond acceptors (Lipinski definition) is 3. The maximum Gasteiger partial charge on any atom is 0.258 e. The summed E-state index contributed by atoms with van der Waals surface area (Å²) in [4.78, 5) is 11.9. The highest BCUT2D eigenvalue weighted by molar-refractivity contribution is 5.77. The van der Waals surface area contributed by atoms with Crippen LogP contribution in [0.15, 0.2) is 24.3 Å². The number of carbonyl (C=O) groups excluding carboxylic acids is 1. The van der Waals surface area contributed by atoms with Crippen LogP contribution in [0.4, 0.5) is 0 Å². The summed E-state index contributed by atoms with van der Waals surface area (Å²) in [6.45, 7) is 2.18. The Morgan fingerprint density at radius 3 is 3.00 bits per heavy atom. The van der Waals surface area contributed by atoms with Crippen molar-refractivity contribution in [3.63, 3.8) is 0 Å². The predicted molar refractivity (Wildman–Crippen MR) is 76.2 cm³/mol. The van der Waals surface area contributed by atoms with Gasteiger partial charge >= 0.3 is 0 Å². The Bertz CT molecular complexity index is 507. The summed E-state index contributed by atoms with van der Waals surface area (Å²) in [6.07, 6.45) is 4.51. The van der Waals surface area contributed by atoms with E-state index in [1.54, 1.807) is 24.3 Å². The summed E-state index contributed by atoms with van der Waals surface area (Å²) in [5.74, 6) is 1.02. The van der Waals surface area contributed by atoms with Gasteiger partial charge in [0, 0.05) is 6.04 Å². The van der Waals surface area contributed by atoms with E-state index < -0.39 is 0 Å². The van der Waals surface area contributed by atoms with Crippen molar-refractivity contribution in [3.8, 4) is 11.8 Å². The number of nitriles is 1. The highest BCUT2D eigenvalue weighted by atomic mass is 16.5. The second-order valence-corrected chi connectivity index (χ2v) is 5.43. The normalized spacial score (nSPS) is 21.8. The molecule has 0 spiro atoms. The molecule has 0 aliphatic heterocycles. The van der Waals surface area contributed by atoms with Crippen molar-refractivity contribution < 1.29 is 9.53 Å². The summed E-state index contributed by atoms with van der Waals surface area (Å²) in [5.41, 5.74) is 0.451. The number of carbonyl (C=O) groups is 1. The zero-order chi connectivity index (χ0) is 14.4. The van der Waals surface area contributed by atoms with Gasteiger partial charge in [0.25, 0.3) is 5.91 Å². The van der Waals surface area contributed by atoms with Crippen LogP contribution in [0.5, 0.6) is 5.75 Å². The molecule has 20 heavy (non-hydrogen) atoms. The van der Waals surface area contributed by atoms with Crippen LogP contribution in [0.2, 0.25) is 0 Å². The van der Waals surface area contributed by atoms with Crippen molar-refractivity contribution in [2.24, 2.45) is 5.92 Å². The van der Waals surface area contributed by atoms with Crippen LogP contribution in [0, 0.1) is 17.2 Å². The highest BCUT2D eigenvalue weighted by Gasteiger charge is 2.20. The quantitative estimate of drug-likeness (QED) is 0.916. The van der Waals surface area contributed by atoms with Crippen LogP contribution in [-0.2, 0) is 4.79 Å². The van der Waals surface area contributed by atoms with Gasteiger partial charge in [0.1, 0.15) is 11.8 Å². The van der Waals surface area contributed by atoms with Crippen molar-refractivity contribution in [1.82, 2.24) is 5.32 Å². The lowest BCUT2D eigenvalue weighted by molar-refractivity contribution is -0.124. The van der Waals surface area contributed by atoms with Crippen LogP contribution in [-0.4, -0.2) is 18.6 Å². The SMILES string of the molecule is CC1CCCC(NC(=O)COc2ccccc2C#N)C1. The van der Waals surface area contributed by atoms with Crippen molar-refractivity contribution in [2.45, 2.75) is 38.6 Å². The lowest BCUT2D eigenvalue weighted by Gasteiger charge is -2.27. The predicted octanol–water partition coefficient (Wildman–Crippen LogP) is 2.63. The number of benzene rings is 1. The summed E-state index contributed by atoms with van der Waals surface area (Å²) in [5, 5.41) is 12.0. The van der Waals surface area contributed by atoms with Crippen LogP contribution in [0.25, 0.3) is 0 Å². The molecule has 0 heterocycles. The van der Waals surface area contributed by atoms with Gasteiger partial charge in [-0.1, -0.05) is 31.9 Å². The van der Waals surface area contributed by atoms with E-state index in [-0.39, 0.29) is 18.6 Å². The lowest BCUT2D eigenvalue weighted by Crippen LogP contribution is -2.40. The molecular formula is C16H20N2O2. The molecule has 1 fully saturated rings. The Labute approximate surface area is 119 Å². The van der Waals surface area contributed by atoms with E-state index in [9.17, 15) is 4.79 Å². The smallest absolute Gasteiger partial charge is 0.258 e. The first-order valence-corrected chi connectivity index (χ1v) is 7.10. The Hall–Kier alpha value is -2.02. The molecule has 106 valence electrons. The molecule has 1 aliphatic rings. The van der Waals surface area contributed by atoms with E-state index >= 15 is 0 Å². The minimum absolute atomic E-state index is 0.0381. The Morgan fingerprint density at radius 1 is 1.45 bits per heavy atom. The fraction of sp³-hybridized carbons (Fsp3) is 0.500. The summed E-state index contributed by atoms with van der Waals surface area (Å²) in [7, 11) is 0. The van der Waals surface area contributed by atoms with Gasteiger partial charge in [0.15, 0.2) is 6.61 Å². The molecule has 0 saturated heterocycles. The molecule has 1 aliphatic carbocycles. The topological polar surface area (TPSA) is 62.1 Å². The largest absolute Gasteiger partial charge is 0.482 e. The molecule has 0 aromatic heterocycles. The summed E-state index contributed by atoms with van der Waals surface area (Å²) >= 11 is 0. The maximum atomic E-state index is 11.9. The van der Waals surface area contributed by atoms with Gasteiger partial charge < -0.3 is 10.1 Å². The van der Waals surface area contributed by atoms with Gasteiger partial charge in [0.05, 0.1) is 5.56 Å². The molecule has 1 amide bonds. The van der Waals surface area contributed by atoms with Crippen LogP contribution in [0.3, 0.4) is 0 Å². The zero-order valence-corrected chi connectivity index (χ0v) is 11.8. The number of hydrogen-bond donors (Lipinski definition) is 1. The third kappa shape index (κ3) is 3.99. The zero-order valence-electron chi connectivity index (χ0n) is 11.8. The number of amides is 1. The van der Waals surface area contributed by atoms with Gasteiger partial charge in [0.2, 0.25) is 0 Å². The van der Waals surface area contributed by atoms with Crippen molar-refractivity contribution in [2.75, 3.05) is 6.61 Å². The van der Waals surface area contributed by atoms with E-state index in [0.717, 1.165) is 12.8 Å². The molecule has 1 saturated carbocycles. The highest BCUT2D eigenvalue weighted by Crippen LogP contribution is 2.23. The minimum Gasteiger partial charge on any atom is -0.482 e. The van der Waals surface area contributed by atoms with Gasteiger partial charge in [-0.05, 0) is 30.9 Å². The molecule has 1 N–H and O–H groups in total. The molecule has 2 rings (SSSR count). The first kappa shape index (κ1) is 14.4. The van der Waals surface area contributed by atoms with E-state index in [2.05, 4.69) is 12.2 Å². The minimum atomic E-state index is -0.114. The Balaban J connectivity index is 1.82. The Morgan fingerprint density at radius 2 is 2.25 bits per heavy atom. The number of nitrogens with zero attached hydrogens (tertiary/aromatic N) is 1. The molecule has 2 atom stereocenters. The second kappa shape index (κ2) is 6.95. The first-order chi connectivity index (χ1) is 9.69. The van der Waals surface area contributed by atoms with Crippen LogP contribution >= 0.6 is 0 Å². The number of para-hydroxylation sites is 1. The van der Waals surface area contributed by atoms with Gasteiger partial charge in [-0.15, -0.1) is 0 Å². The van der Waals surface area contributed by atoms with Gasteiger partial charge in [-0.25, -0.2) is 0 Å². The third-order valence-electron chi connectivity index (χ3n) is 3.67. The summed E-state index contributed by atoms with van der Waals surface area (Å²) in [6, 6.07) is 9.26. The van der Waals surface area contributed by atoms with Crippen LogP contribution < -0.4 is 10.1 Å². The monoisotopic (exact) mass is 272 g/mol. The molecule has 4 heteroatoms. The Kier molecular flexibility index (Phi) is 5.00. The number of ether oxygens (including phenoxy) is 1. The average Bonchev–Trinajstić information content (AvgIpc) is 2.45. The molecule has 1 aromatic rings. The standard InChI is InChI=1S/C16H20N2O2/c1-12-5-4-7-14(9-12)18-16(19)11-20-15-8-3-2-6-13(15)10-17/h2-3,6,8,12,14H,4-5,7,9,11H2,1H3,(H,18,19). The molecule has 2 unspecified atom stereocenters. The average molecular weight is 272 g/mol. The second-order valence-electron chi connectivity index (χ2n) is 5.43. The fourth-order valence-corrected chi connectivity index (χ4v) is 2.66. The first-order valence-electron chi connectivity index (χ1n) is 7.10.